The normalized spacial score (nSPS) is 24.1. The van der Waals surface area contributed by atoms with E-state index in [1.165, 1.54) is 12.3 Å². The lowest BCUT2D eigenvalue weighted by atomic mass is 9.95. The molecule has 1 amide bonds. The number of nitrogens with zero attached hydrogens (tertiary/aromatic N) is 2. The van der Waals surface area contributed by atoms with Crippen LogP contribution >= 0.6 is 11.6 Å². The number of aromatic nitrogens is 1. The van der Waals surface area contributed by atoms with Crippen LogP contribution < -0.4 is 5.73 Å². The minimum Gasteiger partial charge on any atom is -0.397 e. The number of nitrogens with two attached hydrogens (primary N) is 1. The number of carbonyl (C=O) groups excluding carboxylic acids is 1. The lowest BCUT2D eigenvalue weighted by Crippen LogP contribution is -2.48. The molecule has 2 heterocycles. The largest absolute Gasteiger partial charge is 0.397 e. The Morgan fingerprint density at radius 1 is 1.67 bits per heavy atom. The third-order valence-corrected chi connectivity index (χ3v) is 3.35. The van der Waals surface area contributed by atoms with Gasteiger partial charge in [0.05, 0.1) is 23.0 Å². The van der Waals surface area contributed by atoms with Crippen molar-refractivity contribution < 1.29 is 9.90 Å². The van der Waals surface area contributed by atoms with E-state index in [1.54, 1.807) is 11.8 Å². The zero-order valence-corrected chi connectivity index (χ0v) is 10.9. The molecule has 98 valence electrons. The summed E-state index contributed by atoms with van der Waals surface area (Å²) < 4.78 is 0. The predicted octanol–water partition coefficient (Wildman–Crippen LogP) is 1.30. The van der Waals surface area contributed by atoms with E-state index in [0.717, 1.165) is 6.42 Å². The molecule has 0 bridgehead atoms. The first kappa shape index (κ1) is 13.1. The summed E-state index contributed by atoms with van der Waals surface area (Å²) in [6.45, 7) is 2.64. The first-order valence-corrected chi connectivity index (χ1v) is 6.19. The highest BCUT2D eigenvalue weighted by atomic mass is 35.5. The second-order valence-electron chi connectivity index (χ2n) is 4.93. The van der Waals surface area contributed by atoms with Gasteiger partial charge in [-0.3, -0.25) is 4.79 Å². The van der Waals surface area contributed by atoms with Crippen molar-refractivity contribution in [3.05, 3.63) is 23.0 Å². The molecule has 1 saturated heterocycles. The Bertz CT molecular complexity index is 476. The second-order valence-corrected chi connectivity index (χ2v) is 5.29. The summed E-state index contributed by atoms with van der Waals surface area (Å²) in [6, 6.07) is 1.51. The summed E-state index contributed by atoms with van der Waals surface area (Å²) in [5.41, 5.74) is 5.45. The van der Waals surface area contributed by atoms with E-state index >= 15 is 0 Å². The second kappa shape index (κ2) is 4.74. The van der Waals surface area contributed by atoms with Gasteiger partial charge in [-0.05, 0) is 25.8 Å². The maximum Gasteiger partial charge on any atom is 0.257 e. The lowest BCUT2D eigenvalue weighted by molar-refractivity contribution is -0.0107. The minimum absolute atomic E-state index is 0.138. The van der Waals surface area contributed by atoms with Crippen LogP contribution in [0.15, 0.2) is 12.3 Å². The fraction of sp³-hybridized carbons (Fsp3) is 0.500. The van der Waals surface area contributed by atoms with E-state index in [0.29, 0.717) is 25.2 Å². The third-order valence-electron chi connectivity index (χ3n) is 3.05. The number of aliphatic hydroxyl groups is 1. The first-order valence-electron chi connectivity index (χ1n) is 5.82. The van der Waals surface area contributed by atoms with Crippen LogP contribution in [0.1, 0.15) is 30.1 Å². The molecule has 0 radical (unpaired) electrons. The van der Waals surface area contributed by atoms with Crippen LogP contribution in [-0.4, -0.2) is 39.6 Å². The van der Waals surface area contributed by atoms with Crippen LogP contribution in [0, 0.1) is 0 Å². The van der Waals surface area contributed by atoms with E-state index < -0.39 is 5.60 Å². The molecule has 5 nitrogen and oxygen atoms in total. The zero-order chi connectivity index (χ0) is 13.3. The monoisotopic (exact) mass is 269 g/mol. The number of nitrogen functional groups attached to an aromatic ring is 1. The number of hydrogen-bond acceptors (Lipinski definition) is 4. The average Bonchev–Trinajstić information content (AvgIpc) is 2.30. The molecule has 0 saturated carbocycles. The van der Waals surface area contributed by atoms with Gasteiger partial charge >= 0.3 is 0 Å². The van der Waals surface area contributed by atoms with Gasteiger partial charge < -0.3 is 15.7 Å². The smallest absolute Gasteiger partial charge is 0.257 e. The summed E-state index contributed by atoms with van der Waals surface area (Å²) in [4.78, 5) is 17.7. The quantitative estimate of drug-likeness (QED) is 0.753. The van der Waals surface area contributed by atoms with Gasteiger partial charge in [-0.15, -0.1) is 0 Å². The van der Waals surface area contributed by atoms with Crippen molar-refractivity contribution in [2.24, 2.45) is 0 Å². The Morgan fingerprint density at radius 3 is 3.06 bits per heavy atom. The average molecular weight is 270 g/mol. The van der Waals surface area contributed by atoms with E-state index in [9.17, 15) is 9.90 Å². The van der Waals surface area contributed by atoms with Crippen LogP contribution in [0.25, 0.3) is 0 Å². The molecule has 1 aliphatic heterocycles. The summed E-state index contributed by atoms with van der Waals surface area (Å²) >= 11 is 5.90. The molecule has 6 heteroatoms. The maximum atomic E-state index is 12.3. The minimum atomic E-state index is -0.839. The number of likely N-dealkylation sites (tertiary alicyclic amines) is 1. The van der Waals surface area contributed by atoms with Crippen LogP contribution in [0.4, 0.5) is 5.69 Å². The van der Waals surface area contributed by atoms with Crippen molar-refractivity contribution in [2.45, 2.75) is 25.4 Å². The number of amides is 1. The SMILES string of the molecule is CC1(O)CCCN(C(=O)c2cc(N)cnc2Cl)C1. The first-order chi connectivity index (χ1) is 8.39. The highest BCUT2D eigenvalue weighted by molar-refractivity contribution is 6.32. The fourth-order valence-corrected chi connectivity index (χ4v) is 2.36. The van der Waals surface area contributed by atoms with Crippen molar-refractivity contribution >= 4 is 23.2 Å². The van der Waals surface area contributed by atoms with Gasteiger partial charge in [0.1, 0.15) is 5.15 Å². The molecular weight excluding hydrogens is 254 g/mol. The van der Waals surface area contributed by atoms with Crippen molar-refractivity contribution in [1.29, 1.82) is 0 Å². The van der Waals surface area contributed by atoms with E-state index in [-0.39, 0.29) is 16.6 Å². The van der Waals surface area contributed by atoms with E-state index in [2.05, 4.69) is 4.98 Å². The number of halogens is 1. The molecule has 0 aliphatic carbocycles. The third kappa shape index (κ3) is 2.73. The highest BCUT2D eigenvalue weighted by Crippen LogP contribution is 2.24. The number of pyridine rings is 1. The molecule has 18 heavy (non-hydrogen) atoms. The fourth-order valence-electron chi connectivity index (χ4n) is 2.18. The molecule has 2 rings (SSSR count). The Kier molecular flexibility index (Phi) is 3.45. The van der Waals surface area contributed by atoms with Gasteiger partial charge in [0.15, 0.2) is 0 Å². The van der Waals surface area contributed by atoms with Gasteiger partial charge in [-0.1, -0.05) is 11.6 Å². The molecule has 1 aromatic heterocycles. The Hall–Kier alpha value is -1.33. The molecule has 1 fully saturated rings. The standard InChI is InChI=1S/C12H16ClN3O2/c1-12(18)3-2-4-16(7-12)11(17)9-5-8(14)6-15-10(9)13/h5-6,18H,2-4,7,14H2,1H3. The number of piperidine rings is 1. The summed E-state index contributed by atoms with van der Waals surface area (Å²) in [5.74, 6) is -0.236. The number of β-amino-alcohol motifs (C(OH)–C–C–N with tert-alkyl or cyclic N) is 1. The Morgan fingerprint density at radius 2 is 2.39 bits per heavy atom. The summed E-state index contributed by atoms with van der Waals surface area (Å²) in [6.07, 6.45) is 2.87. The van der Waals surface area contributed by atoms with Crippen LogP contribution in [0.5, 0.6) is 0 Å². The van der Waals surface area contributed by atoms with Crippen LogP contribution in [0.3, 0.4) is 0 Å². The van der Waals surface area contributed by atoms with E-state index in [1.807, 2.05) is 0 Å². The van der Waals surface area contributed by atoms with Gasteiger partial charge in [0.25, 0.3) is 5.91 Å². The molecule has 3 N–H and O–H groups in total. The molecule has 0 spiro atoms. The van der Waals surface area contributed by atoms with Crippen molar-refractivity contribution in [3.8, 4) is 0 Å². The molecule has 1 aromatic rings. The lowest BCUT2D eigenvalue weighted by Gasteiger charge is -2.36. The van der Waals surface area contributed by atoms with Gasteiger partial charge in [0, 0.05) is 13.1 Å². The summed E-state index contributed by atoms with van der Waals surface area (Å²) in [7, 11) is 0. The predicted molar refractivity (Wildman–Crippen MR) is 69.4 cm³/mol. The topological polar surface area (TPSA) is 79.5 Å². The molecule has 0 aromatic carbocycles. The number of anilines is 1. The Labute approximate surface area is 111 Å². The van der Waals surface area contributed by atoms with Crippen LogP contribution in [-0.2, 0) is 0 Å². The number of hydrogen-bond donors (Lipinski definition) is 2. The van der Waals surface area contributed by atoms with Gasteiger partial charge in [-0.2, -0.15) is 0 Å². The molecular formula is C12H16ClN3O2. The maximum absolute atomic E-state index is 12.3. The molecule has 1 unspecified atom stereocenters. The summed E-state index contributed by atoms with van der Waals surface area (Å²) in [5, 5.41) is 10.1. The zero-order valence-electron chi connectivity index (χ0n) is 10.2. The molecule has 1 aliphatic rings. The van der Waals surface area contributed by atoms with Crippen LogP contribution in [0.2, 0.25) is 5.15 Å². The van der Waals surface area contributed by atoms with Gasteiger partial charge in [0.2, 0.25) is 0 Å². The number of rotatable bonds is 1. The van der Waals surface area contributed by atoms with Gasteiger partial charge in [-0.25, -0.2) is 4.98 Å². The molecule has 1 atom stereocenters. The highest BCUT2D eigenvalue weighted by Gasteiger charge is 2.32. The van der Waals surface area contributed by atoms with Crippen molar-refractivity contribution in [2.75, 3.05) is 18.8 Å². The Balaban J connectivity index is 2.23. The number of carbonyl (C=O) groups is 1. The van der Waals surface area contributed by atoms with E-state index in [4.69, 9.17) is 17.3 Å². The van der Waals surface area contributed by atoms with Crippen molar-refractivity contribution in [1.82, 2.24) is 9.88 Å². The van der Waals surface area contributed by atoms with Crippen molar-refractivity contribution in [3.63, 3.8) is 0 Å².